The Morgan fingerprint density at radius 3 is 2.53 bits per heavy atom. The molecule has 0 aromatic heterocycles. The zero-order valence-electron chi connectivity index (χ0n) is 8.19. The van der Waals surface area contributed by atoms with E-state index in [0.29, 0.717) is 12.1 Å². The van der Waals surface area contributed by atoms with Gasteiger partial charge in [0.15, 0.2) is 0 Å². The number of amides is 3. The van der Waals surface area contributed by atoms with Crippen molar-refractivity contribution in [1.82, 2.24) is 5.32 Å². The molecule has 0 aliphatic rings. The van der Waals surface area contributed by atoms with Crippen molar-refractivity contribution in [3.63, 3.8) is 0 Å². The summed E-state index contributed by atoms with van der Waals surface area (Å²) in [6.07, 6.45) is 0.683. The number of benzene rings is 1. The lowest BCUT2D eigenvalue weighted by atomic mass is 10.1. The highest BCUT2D eigenvalue weighted by atomic mass is 16.2. The minimum atomic E-state index is -0.832. The van der Waals surface area contributed by atoms with E-state index in [-0.39, 0.29) is 6.42 Å². The predicted molar refractivity (Wildman–Crippen MR) is 56.9 cm³/mol. The molecular formula is C10H13N3O2. The van der Waals surface area contributed by atoms with Crippen LogP contribution in [0.2, 0.25) is 0 Å². The summed E-state index contributed by atoms with van der Waals surface area (Å²) in [6.45, 7) is 0. The van der Waals surface area contributed by atoms with E-state index in [0.717, 1.165) is 5.56 Å². The zero-order valence-corrected chi connectivity index (χ0v) is 8.19. The van der Waals surface area contributed by atoms with Crippen LogP contribution in [-0.4, -0.2) is 11.9 Å². The fraction of sp³-hybridized carbons (Fsp3) is 0.200. The van der Waals surface area contributed by atoms with Crippen LogP contribution >= 0.6 is 0 Å². The number of nitrogen functional groups attached to an aromatic ring is 1. The van der Waals surface area contributed by atoms with Crippen LogP contribution in [0.3, 0.4) is 0 Å². The molecule has 1 rings (SSSR count). The SMILES string of the molecule is NC(=O)NC(=O)CCc1ccccc1N. The van der Waals surface area contributed by atoms with Gasteiger partial charge in [0.05, 0.1) is 0 Å². The Hall–Kier alpha value is -2.04. The van der Waals surface area contributed by atoms with Gasteiger partial charge in [-0.15, -0.1) is 0 Å². The lowest BCUT2D eigenvalue weighted by molar-refractivity contribution is -0.119. The first-order valence-electron chi connectivity index (χ1n) is 4.52. The van der Waals surface area contributed by atoms with E-state index < -0.39 is 11.9 Å². The summed E-state index contributed by atoms with van der Waals surface area (Å²) in [7, 11) is 0. The Morgan fingerprint density at radius 1 is 1.27 bits per heavy atom. The summed E-state index contributed by atoms with van der Waals surface area (Å²) in [5.74, 6) is -0.397. The Balaban J connectivity index is 2.47. The van der Waals surface area contributed by atoms with E-state index >= 15 is 0 Å². The molecule has 5 nitrogen and oxygen atoms in total. The molecule has 0 aliphatic heterocycles. The number of para-hydroxylation sites is 1. The molecule has 0 radical (unpaired) electrons. The molecule has 1 aromatic carbocycles. The van der Waals surface area contributed by atoms with Gasteiger partial charge in [0.1, 0.15) is 0 Å². The lowest BCUT2D eigenvalue weighted by Gasteiger charge is -2.04. The zero-order chi connectivity index (χ0) is 11.3. The molecule has 80 valence electrons. The van der Waals surface area contributed by atoms with Gasteiger partial charge in [0.2, 0.25) is 5.91 Å². The van der Waals surface area contributed by atoms with Gasteiger partial charge >= 0.3 is 6.03 Å². The lowest BCUT2D eigenvalue weighted by Crippen LogP contribution is -2.35. The van der Waals surface area contributed by atoms with Gasteiger partial charge in [-0.05, 0) is 18.1 Å². The number of hydrogen-bond donors (Lipinski definition) is 3. The average Bonchev–Trinajstić information content (AvgIpc) is 2.15. The van der Waals surface area contributed by atoms with Gasteiger partial charge in [-0.3, -0.25) is 10.1 Å². The minimum absolute atomic E-state index is 0.192. The number of imide groups is 1. The Bertz CT molecular complexity index is 377. The minimum Gasteiger partial charge on any atom is -0.399 e. The van der Waals surface area contributed by atoms with E-state index in [1.807, 2.05) is 23.5 Å². The summed E-state index contributed by atoms with van der Waals surface area (Å²) >= 11 is 0. The molecule has 0 saturated heterocycles. The van der Waals surface area contributed by atoms with Gasteiger partial charge in [-0.1, -0.05) is 18.2 Å². The van der Waals surface area contributed by atoms with Gasteiger partial charge in [0, 0.05) is 12.1 Å². The summed E-state index contributed by atoms with van der Waals surface area (Å²) in [4.78, 5) is 21.4. The quantitative estimate of drug-likeness (QED) is 0.625. The average molecular weight is 207 g/mol. The number of hydrogen-bond acceptors (Lipinski definition) is 3. The predicted octanol–water partition coefficient (Wildman–Crippen LogP) is 0.396. The van der Waals surface area contributed by atoms with E-state index in [4.69, 9.17) is 11.5 Å². The van der Waals surface area contributed by atoms with Crippen molar-refractivity contribution >= 4 is 17.6 Å². The standard InChI is InChI=1S/C10H13N3O2/c11-8-4-2-1-3-7(8)5-6-9(14)13-10(12)15/h1-4H,5-6,11H2,(H3,12,13,14,15). The van der Waals surface area contributed by atoms with Crippen molar-refractivity contribution < 1.29 is 9.59 Å². The van der Waals surface area contributed by atoms with E-state index in [1.54, 1.807) is 6.07 Å². The van der Waals surface area contributed by atoms with Crippen molar-refractivity contribution in [2.75, 3.05) is 5.73 Å². The summed E-state index contributed by atoms with van der Waals surface area (Å²) in [5, 5.41) is 1.99. The van der Waals surface area contributed by atoms with Gasteiger partial charge in [-0.25, -0.2) is 4.79 Å². The van der Waals surface area contributed by atoms with E-state index in [1.165, 1.54) is 0 Å². The number of carbonyl (C=O) groups is 2. The van der Waals surface area contributed by atoms with Gasteiger partial charge in [-0.2, -0.15) is 0 Å². The topological polar surface area (TPSA) is 98.2 Å². The Kier molecular flexibility index (Phi) is 3.68. The van der Waals surface area contributed by atoms with Crippen LogP contribution in [0.4, 0.5) is 10.5 Å². The van der Waals surface area contributed by atoms with Crippen molar-refractivity contribution in [3.8, 4) is 0 Å². The number of aryl methyl sites for hydroxylation is 1. The molecule has 15 heavy (non-hydrogen) atoms. The summed E-state index contributed by atoms with van der Waals surface area (Å²) in [5.41, 5.74) is 12.0. The number of urea groups is 1. The fourth-order valence-electron chi connectivity index (χ4n) is 1.21. The molecule has 0 unspecified atom stereocenters. The van der Waals surface area contributed by atoms with Crippen LogP contribution in [0.1, 0.15) is 12.0 Å². The van der Waals surface area contributed by atoms with Crippen LogP contribution < -0.4 is 16.8 Å². The molecule has 5 heteroatoms. The second-order valence-corrected chi connectivity index (χ2v) is 3.11. The fourth-order valence-corrected chi connectivity index (χ4v) is 1.21. The molecule has 0 aliphatic carbocycles. The maximum Gasteiger partial charge on any atom is 0.318 e. The van der Waals surface area contributed by atoms with E-state index in [2.05, 4.69) is 0 Å². The number of rotatable bonds is 3. The first-order chi connectivity index (χ1) is 7.09. The first-order valence-corrected chi connectivity index (χ1v) is 4.52. The van der Waals surface area contributed by atoms with Crippen LogP contribution in [-0.2, 0) is 11.2 Å². The smallest absolute Gasteiger partial charge is 0.318 e. The molecule has 0 fully saturated rings. The van der Waals surface area contributed by atoms with Crippen LogP contribution in [0.5, 0.6) is 0 Å². The highest BCUT2D eigenvalue weighted by Gasteiger charge is 2.05. The molecule has 0 spiro atoms. The normalized spacial score (nSPS) is 9.60. The van der Waals surface area contributed by atoms with E-state index in [9.17, 15) is 9.59 Å². The monoisotopic (exact) mass is 207 g/mol. The van der Waals surface area contributed by atoms with Crippen LogP contribution in [0.25, 0.3) is 0 Å². The third-order valence-electron chi connectivity index (χ3n) is 1.94. The van der Waals surface area contributed by atoms with Gasteiger partial charge in [0.25, 0.3) is 0 Å². The molecule has 0 bridgehead atoms. The Labute approximate surface area is 87.4 Å². The highest BCUT2D eigenvalue weighted by molar-refractivity contribution is 5.93. The summed E-state index contributed by atoms with van der Waals surface area (Å²) in [6, 6.07) is 6.44. The number of carbonyl (C=O) groups excluding carboxylic acids is 2. The summed E-state index contributed by atoms with van der Waals surface area (Å²) < 4.78 is 0. The molecule has 1 aromatic rings. The highest BCUT2D eigenvalue weighted by Crippen LogP contribution is 2.12. The Morgan fingerprint density at radius 2 is 1.93 bits per heavy atom. The van der Waals surface area contributed by atoms with Gasteiger partial charge < -0.3 is 11.5 Å². The molecule has 3 amide bonds. The largest absolute Gasteiger partial charge is 0.399 e. The van der Waals surface area contributed by atoms with Crippen LogP contribution in [0.15, 0.2) is 24.3 Å². The third-order valence-corrected chi connectivity index (χ3v) is 1.94. The molecule has 0 atom stereocenters. The van der Waals surface area contributed by atoms with Crippen molar-refractivity contribution in [1.29, 1.82) is 0 Å². The third kappa shape index (κ3) is 3.68. The number of anilines is 1. The molecular weight excluding hydrogens is 194 g/mol. The van der Waals surface area contributed by atoms with Crippen LogP contribution in [0, 0.1) is 0 Å². The maximum atomic E-state index is 11.1. The number of primary amides is 1. The molecule has 0 heterocycles. The first kappa shape index (κ1) is 11.0. The number of nitrogens with two attached hydrogens (primary N) is 2. The molecule has 0 saturated carbocycles. The second kappa shape index (κ2) is 4.99. The van der Waals surface area contributed by atoms with Crippen molar-refractivity contribution in [2.24, 2.45) is 5.73 Å². The van der Waals surface area contributed by atoms with Crippen molar-refractivity contribution in [3.05, 3.63) is 29.8 Å². The second-order valence-electron chi connectivity index (χ2n) is 3.11. The van der Waals surface area contributed by atoms with Crippen molar-refractivity contribution in [2.45, 2.75) is 12.8 Å². The molecule has 5 N–H and O–H groups in total. The number of nitrogens with one attached hydrogen (secondary N) is 1. The maximum absolute atomic E-state index is 11.1.